The van der Waals surface area contributed by atoms with E-state index >= 15 is 0 Å². The molecule has 3 amide bonds. The molecule has 0 spiro atoms. The van der Waals surface area contributed by atoms with Crippen molar-refractivity contribution in [2.75, 3.05) is 10.2 Å². The second-order valence-corrected chi connectivity index (χ2v) is 11.3. The zero-order valence-electron chi connectivity index (χ0n) is 22.1. The van der Waals surface area contributed by atoms with Crippen LogP contribution in [0, 0.1) is 25.2 Å². The van der Waals surface area contributed by atoms with Crippen LogP contribution in [0.3, 0.4) is 0 Å². The largest absolute Gasteiger partial charge is 0.322 e. The second kappa shape index (κ2) is 8.24. The predicted octanol–water partition coefficient (Wildman–Crippen LogP) is 6.34. The maximum absolute atomic E-state index is 14.5. The highest BCUT2D eigenvalue weighted by Crippen LogP contribution is 2.67. The first-order valence-corrected chi connectivity index (χ1v) is 13.4. The highest BCUT2D eigenvalue weighted by atomic mass is 16.2. The SMILES string of the molecule is Cc1cc(C)cc(NC(=O)c2ccccc2N2C(=O)[C@@H]3C4c5ccccc5C(c5ccccc54)[C@]3(C)C2=O)c1. The molecule has 8 rings (SSSR count). The lowest BCUT2D eigenvalue weighted by molar-refractivity contribution is -0.128. The third-order valence-electron chi connectivity index (χ3n) is 8.88. The first kappa shape index (κ1) is 23.6. The number of benzene rings is 4. The van der Waals surface area contributed by atoms with Crippen molar-refractivity contribution in [3.63, 3.8) is 0 Å². The number of aryl methyl sites for hydroxylation is 2. The highest BCUT2D eigenvalue weighted by Gasteiger charge is 2.69. The molecular formula is C34H28N2O3. The van der Waals surface area contributed by atoms with Crippen LogP contribution in [0.1, 0.15) is 62.5 Å². The summed E-state index contributed by atoms with van der Waals surface area (Å²) in [4.78, 5) is 43.7. The molecule has 1 saturated heterocycles. The van der Waals surface area contributed by atoms with Gasteiger partial charge in [-0.15, -0.1) is 0 Å². The average molecular weight is 513 g/mol. The predicted molar refractivity (Wildman–Crippen MR) is 151 cm³/mol. The van der Waals surface area contributed by atoms with Crippen LogP contribution in [0.2, 0.25) is 0 Å². The van der Waals surface area contributed by atoms with Crippen molar-refractivity contribution in [2.24, 2.45) is 11.3 Å². The van der Waals surface area contributed by atoms with E-state index in [2.05, 4.69) is 29.6 Å². The molecule has 2 bridgehead atoms. The average Bonchev–Trinajstić information content (AvgIpc) is 3.13. The zero-order valence-corrected chi connectivity index (χ0v) is 22.1. The van der Waals surface area contributed by atoms with Gasteiger partial charge in [-0.2, -0.15) is 0 Å². The molecule has 3 aliphatic carbocycles. The van der Waals surface area contributed by atoms with Gasteiger partial charge in [-0.1, -0.05) is 66.7 Å². The second-order valence-electron chi connectivity index (χ2n) is 11.3. The lowest BCUT2D eigenvalue weighted by Crippen LogP contribution is -2.49. The summed E-state index contributed by atoms with van der Waals surface area (Å²) in [6.45, 7) is 5.90. The van der Waals surface area contributed by atoms with Gasteiger partial charge in [0.15, 0.2) is 0 Å². The molecule has 39 heavy (non-hydrogen) atoms. The molecule has 0 aromatic heterocycles. The molecule has 0 radical (unpaired) electrons. The Labute approximate surface area is 227 Å². The number of nitrogens with one attached hydrogen (secondary N) is 1. The summed E-state index contributed by atoms with van der Waals surface area (Å²) in [5, 5.41) is 2.98. The number of hydrogen-bond acceptors (Lipinski definition) is 3. The number of nitrogens with zero attached hydrogens (tertiary/aromatic N) is 1. The first-order valence-electron chi connectivity index (χ1n) is 13.4. The number of rotatable bonds is 3. The van der Waals surface area contributed by atoms with Crippen LogP contribution in [-0.4, -0.2) is 17.7 Å². The van der Waals surface area contributed by atoms with Gasteiger partial charge in [0.05, 0.1) is 22.6 Å². The summed E-state index contributed by atoms with van der Waals surface area (Å²) in [6, 6.07) is 29.1. The van der Waals surface area contributed by atoms with E-state index in [-0.39, 0.29) is 29.6 Å². The van der Waals surface area contributed by atoms with Crippen LogP contribution in [0.15, 0.2) is 91.0 Å². The van der Waals surface area contributed by atoms with Crippen molar-refractivity contribution in [1.29, 1.82) is 0 Å². The number of carbonyl (C=O) groups excluding carboxylic acids is 3. The van der Waals surface area contributed by atoms with E-state index in [1.807, 2.05) is 63.2 Å². The van der Waals surface area contributed by atoms with E-state index in [0.717, 1.165) is 33.4 Å². The first-order chi connectivity index (χ1) is 18.8. The molecule has 2 atom stereocenters. The van der Waals surface area contributed by atoms with E-state index in [4.69, 9.17) is 0 Å². The minimum absolute atomic E-state index is 0.217. The Morgan fingerprint density at radius 2 is 1.31 bits per heavy atom. The van der Waals surface area contributed by atoms with Crippen LogP contribution in [-0.2, 0) is 9.59 Å². The van der Waals surface area contributed by atoms with Crippen molar-refractivity contribution >= 4 is 29.1 Å². The monoisotopic (exact) mass is 512 g/mol. The van der Waals surface area contributed by atoms with Crippen molar-refractivity contribution in [3.05, 3.63) is 130 Å². The normalized spacial score (nSPS) is 24.3. The molecule has 4 aliphatic rings. The highest BCUT2D eigenvalue weighted by molar-refractivity contribution is 6.27. The van der Waals surface area contributed by atoms with Crippen LogP contribution >= 0.6 is 0 Å². The fourth-order valence-corrected chi connectivity index (χ4v) is 7.45. The third-order valence-corrected chi connectivity index (χ3v) is 8.88. The van der Waals surface area contributed by atoms with Crippen LogP contribution in [0.25, 0.3) is 0 Å². The lowest BCUT2D eigenvalue weighted by atomic mass is 9.48. The van der Waals surface area contributed by atoms with Gasteiger partial charge in [0, 0.05) is 17.5 Å². The Morgan fingerprint density at radius 3 is 1.92 bits per heavy atom. The molecule has 1 heterocycles. The maximum Gasteiger partial charge on any atom is 0.257 e. The van der Waals surface area contributed by atoms with E-state index in [0.29, 0.717) is 16.9 Å². The van der Waals surface area contributed by atoms with Gasteiger partial charge in [-0.3, -0.25) is 14.4 Å². The summed E-state index contributed by atoms with van der Waals surface area (Å²) in [5.74, 6) is -1.85. The Kier molecular flexibility index (Phi) is 4.99. The number of anilines is 2. The quantitative estimate of drug-likeness (QED) is 0.326. The fourth-order valence-electron chi connectivity index (χ4n) is 7.45. The topological polar surface area (TPSA) is 66.5 Å². The molecule has 5 heteroatoms. The Bertz CT molecular complexity index is 1660. The molecule has 0 saturated carbocycles. The molecule has 1 aliphatic heterocycles. The van der Waals surface area contributed by atoms with Crippen LogP contribution < -0.4 is 10.2 Å². The lowest BCUT2D eigenvalue weighted by Gasteiger charge is -2.51. The minimum Gasteiger partial charge on any atom is -0.322 e. The van der Waals surface area contributed by atoms with Gasteiger partial charge in [-0.25, -0.2) is 4.90 Å². The van der Waals surface area contributed by atoms with Gasteiger partial charge in [0.2, 0.25) is 11.8 Å². The fraction of sp³-hybridized carbons (Fsp3) is 0.206. The number of amides is 3. The van der Waals surface area contributed by atoms with E-state index in [1.165, 1.54) is 4.90 Å². The summed E-state index contributed by atoms with van der Waals surface area (Å²) < 4.78 is 0. The molecule has 4 aromatic rings. The molecule has 1 fully saturated rings. The molecule has 1 N–H and O–H groups in total. The molecule has 4 aromatic carbocycles. The van der Waals surface area contributed by atoms with Gasteiger partial charge in [-0.05, 0) is 78.4 Å². The van der Waals surface area contributed by atoms with E-state index < -0.39 is 11.3 Å². The van der Waals surface area contributed by atoms with Gasteiger partial charge in [0.25, 0.3) is 5.91 Å². The molecule has 192 valence electrons. The Morgan fingerprint density at radius 1 is 0.769 bits per heavy atom. The maximum atomic E-state index is 14.5. The van der Waals surface area contributed by atoms with Crippen molar-refractivity contribution in [3.8, 4) is 0 Å². The molecule has 5 nitrogen and oxygen atoms in total. The molecule has 0 unspecified atom stereocenters. The number of carbonyl (C=O) groups is 3. The van der Waals surface area contributed by atoms with Gasteiger partial charge < -0.3 is 5.32 Å². The van der Waals surface area contributed by atoms with Gasteiger partial charge >= 0.3 is 0 Å². The van der Waals surface area contributed by atoms with E-state index in [1.54, 1.807) is 24.3 Å². The smallest absolute Gasteiger partial charge is 0.257 e. The Balaban J connectivity index is 1.34. The van der Waals surface area contributed by atoms with Crippen molar-refractivity contribution in [1.82, 2.24) is 0 Å². The van der Waals surface area contributed by atoms with Crippen molar-refractivity contribution in [2.45, 2.75) is 32.6 Å². The minimum atomic E-state index is -0.957. The third kappa shape index (κ3) is 3.16. The van der Waals surface area contributed by atoms with Crippen LogP contribution in [0.5, 0.6) is 0 Å². The van der Waals surface area contributed by atoms with Crippen molar-refractivity contribution < 1.29 is 14.4 Å². The van der Waals surface area contributed by atoms with Gasteiger partial charge in [0.1, 0.15) is 0 Å². The Hall–Kier alpha value is -4.51. The number of imide groups is 1. The zero-order chi connectivity index (χ0) is 27.1. The summed E-state index contributed by atoms with van der Waals surface area (Å²) >= 11 is 0. The van der Waals surface area contributed by atoms with E-state index in [9.17, 15) is 14.4 Å². The summed E-state index contributed by atoms with van der Waals surface area (Å²) in [5.41, 5.74) is 6.89. The van der Waals surface area contributed by atoms with Crippen LogP contribution in [0.4, 0.5) is 11.4 Å². The molecular weight excluding hydrogens is 484 g/mol. The summed E-state index contributed by atoms with van der Waals surface area (Å²) in [6.07, 6.45) is 0. The number of para-hydroxylation sites is 1. The standard InChI is InChI=1S/C34H28N2O3/c1-19-16-20(2)18-21(17-19)35-31(37)26-14-8-9-15-27(26)36-32(38)30-28-22-10-4-6-12-24(22)29(34(30,3)33(36)39)25-13-7-5-11-23(25)28/h4-18,28-30H,1-3H3,(H,35,37)/t28?,29?,30-,34-/m0/s1. The number of hydrogen-bond donors (Lipinski definition) is 1. The summed E-state index contributed by atoms with van der Waals surface area (Å²) in [7, 11) is 0.